The molecular weight excluding hydrogens is 222 g/mol. The molecule has 2 rings (SSSR count). The van der Waals surface area contributed by atoms with Gasteiger partial charge in [-0.2, -0.15) is 0 Å². The van der Waals surface area contributed by atoms with Crippen LogP contribution in [0, 0.1) is 5.92 Å². The van der Waals surface area contributed by atoms with Crippen molar-refractivity contribution in [1.29, 1.82) is 0 Å². The summed E-state index contributed by atoms with van der Waals surface area (Å²) in [5.74, 6) is 0.804. The Morgan fingerprint density at radius 1 is 1.28 bits per heavy atom. The maximum absolute atomic E-state index is 6.31. The summed E-state index contributed by atoms with van der Waals surface area (Å²) < 4.78 is 6.31. The average molecular weight is 247 g/mol. The van der Waals surface area contributed by atoms with E-state index in [-0.39, 0.29) is 6.10 Å². The lowest BCUT2D eigenvalue weighted by Crippen LogP contribution is -2.24. The van der Waals surface area contributed by atoms with E-state index in [0.29, 0.717) is 12.6 Å². The molecule has 0 bridgehead atoms. The Morgan fingerprint density at radius 3 is 2.72 bits per heavy atom. The standard InChI is InChI=1S/C16H25NO/c1-13-6-5-9-15(12-13)18-16(10-11-17)14-7-3-2-4-8-14/h2-4,7-8,13,15-16H,5-6,9-12,17H2,1H3. The minimum absolute atomic E-state index is 0.173. The Balaban J connectivity index is 1.97. The van der Waals surface area contributed by atoms with E-state index in [1.165, 1.54) is 31.2 Å². The van der Waals surface area contributed by atoms with Gasteiger partial charge in [0.05, 0.1) is 12.2 Å². The van der Waals surface area contributed by atoms with E-state index in [4.69, 9.17) is 10.5 Å². The van der Waals surface area contributed by atoms with E-state index in [1.807, 2.05) is 6.07 Å². The van der Waals surface area contributed by atoms with Gasteiger partial charge in [0, 0.05) is 0 Å². The molecule has 2 nitrogen and oxygen atoms in total. The van der Waals surface area contributed by atoms with Gasteiger partial charge in [-0.25, -0.2) is 0 Å². The first-order chi connectivity index (χ1) is 8.79. The van der Waals surface area contributed by atoms with E-state index < -0.39 is 0 Å². The summed E-state index contributed by atoms with van der Waals surface area (Å²) in [6, 6.07) is 10.5. The van der Waals surface area contributed by atoms with E-state index >= 15 is 0 Å². The van der Waals surface area contributed by atoms with Gasteiger partial charge >= 0.3 is 0 Å². The average Bonchev–Trinajstić information content (AvgIpc) is 2.39. The molecule has 1 saturated carbocycles. The second-order valence-electron chi connectivity index (χ2n) is 5.51. The van der Waals surface area contributed by atoms with Crippen LogP contribution in [0.2, 0.25) is 0 Å². The zero-order valence-corrected chi connectivity index (χ0v) is 11.3. The minimum Gasteiger partial charge on any atom is -0.370 e. The van der Waals surface area contributed by atoms with Crippen molar-refractivity contribution in [2.75, 3.05) is 6.54 Å². The third-order valence-electron chi connectivity index (χ3n) is 3.85. The highest BCUT2D eigenvalue weighted by atomic mass is 16.5. The fourth-order valence-corrected chi connectivity index (χ4v) is 2.87. The molecule has 0 heterocycles. The summed E-state index contributed by atoms with van der Waals surface area (Å²) in [4.78, 5) is 0. The van der Waals surface area contributed by atoms with Gasteiger partial charge in [0.25, 0.3) is 0 Å². The Hall–Kier alpha value is -0.860. The van der Waals surface area contributed by atoms with Crippen LogP contribution in [0.4, 0.5) is 0 Å². The smallest absolute Gasteiger partial charge is 0.0840 e. The van der Waals surface area contributed by atoms with Crippen LogP contribution in [-0.2, 0) is 4.74 Å². The molecule has 1 aromatic carbocycles. The second kappa shape index (κ2) is 6.91. The van der Waals surface area contributed by atoms with E-state index in [2.05, 4.69) is 31.2 Å². The molecule has 100 valence electrons. The molecule has 1 aromatic rings. The quantitative estimate of drug-likeness (QED) is 0.861. The maximum atomic E-state index is 6.31. The Bertz CT molecular complexity index is 338. The van der Waals surface area contributed by atoms with Crippen molar-refractivity contribution in [2.45, 2.75) is 51.2 Å². The SMILES string of the molecule is CC1CCCC(OC(CCN)c2ccccc2)C1. The Kier molecular flexibility index (Phi) is 5.21. The molecule has 0 aromatic heterocycles. The third-order valence-corrected chi connectivity index (χ3v) is 3.85. The van der Waals surface area contributed by atoms with Gasteiger partial charge in [-0.15, -0.1) is 0 Å². The van der Waals surface area contributed by atoms with Crippen molar-refractivity contribution < 1.29 is 4.74 Å². The van der Waals surface area contributed by atoms with Crippen LogP contribution in [0.3, 0.4) is 0 Å². The van der Waals surface area contributed by atoms with Gasteiger partial charge in [-0.05, 0) is 37.3 Å². The molecule has 2 N–H and O–H groups in total. The van der Waals surface area contributed by atoms with Crippen molar-refractivity contribution in [2.24, 2.45) is 11.7 Å². The van der Waals surface area contributed by atoms with Crippen molar-refractivity contribution in [3.63, 3.8) is 0 Å². The van der Waals surface area contributed by atoms with E-state index in [0.717, 1.165) is 12.3 Å². The summed E-state index contributed by atoms with van der Waals surface area (Å²) in [6.45, 7) is 3.01. The molecular formula is C16H25NO. The molecule has 2 heteroatoms. The molecule has 0 saturated heterocycles. The molecule has 18 heavy (non-hydrogen) atoms. The van der Waals surface area contributed by atoms with E-state index in [9.17, 15) is 0 Å². The molecule has 0 amide bonds. The van der Waals surface area contributed by atoms with Gasteiger partial charge in [0.15, 0.2) is 0 Å². The van der Waals surface area contributed by atoms with Crippen LogP contribution in [0.25, 0.3) is 0 Å². The van der Waals surface area contributed by atoms with Gasteiger partial charge in [0.1, 0.15) is 0 Å². The fraction of sp³-hybridized carbons (Fsp3) is 0.625. The summed E-state index contributed by atoms with van der Waals surface area (Å²) in [5.41, 5.74) is 6.98. The van der Waals surface area contributed by atoms with Crippen LogP contribution in [0.5, 0.6) is 0 Å². The monoisotopic (exact) mass is 247 g/mol. The number of benzene rings is 1. The largest absolute Gasteiger partial charge is 0.370 e. The predicted molar refractivity (Wildman–Crippen MR) is 75.4 cm³/mol. The third kappa shape index (κ3) is 3.82. The van der Waals surface area contributed by atoms with Crippen LogP contribution in [-0.4, -0.2) is 12.6 Å². The predicted octanol–water partition coefficient (Wildman–Crippen LogP) is 3.67. The first-order valence-electron chi connectivity index (χ1n) is 7.20. The van der Waals surface area contributed by atoms with Gasteiger partial charge in [-0.1, -0.05) is 50.1 Å². The van der Waals surface area contributed by atoms with Crippen molar-refractivity contribution >= 4 is 0 Å². The number of hydrogen-bond acceptors (Lipinski definition) is 2. The second-order valence-corrected chi connectivity index (χ2v) is 5.51. The van der Waals surface area contributed by atoms with E-state index in [1.54, 1.807) is 0 Å². The Labute approximate surface area is 111 Å². The van der Waals surface area contributed by atoms with Gasteiger partial charge in [-0.3, -0.25) is 0 Å². The zero-order valence-electron chi connectivity index (χ0n) is 11.3. The normalized spacial score (nSPS) is 25.9. The Morgan fingerprint density at radius 2 is 2.06 bits per heavy atom. The number of ether oxygens (including phenoxy) is 1. The number of nitrogens with two attached hydrogens (primary N) is 1. The molecule has 1 aliphatic carbocycles. The lowest BCUT2D eigenvalue weighted by Gasteiger charge is -2.30. The fourth-order valence-electron chi connectivity index (χ4n) is 2.87. The summed E-state index contributed by atoms with van der Waals surface area (Å²) in [6.07, 6.45) is 6.57. The molecule has 1 fully saturated rings. The minimum atomic E-state index is 0.173. The highest BCUT2D eigenvalue weighted by Gasteiger charge is 2.23. The molecule has 3 unspecified atom stereocenters. The maximum Gasteiger partial charge on any atom is 0.0840 e. The highest BCUT2D eigenvalue weighted by Crippen LogP contribution is 2.31. The lowest BCUT2D eigenvalue weighted by atomic mass is 9.88. The molecule has 1 aliphatic rings. The van der Waals surface area contributed by atoms with Crippen LogP contribution in [0.15, 0.2) is 30.3 Å². The summed E-state index contributed by atoms with van der Waals surface area (Å²) in [5, 5.41) is 0. The number of rotatable bonds is 5. The van der Waals surface area contributed by atoms with Crippen LogP contribution in [0.1, 0.15) is 50.7 Å². The van der Waals surface area contributed by atoms with Crippen molar-refractivity contribution in [3.8, 4) is 0 Å². The molecule has 0 radical (unpaired) electrons. The van der Waals surface area contributed by atoms with Crippen LogP contribution < -0.4 is 5.73 Å². The van der Waals surface area contributed by atoms with Crippen molar-refractivity contribution in [3.05, 3.63) is 35.9 Å². The summed E-state index contributed by atoms with van der Waals surface area (Å²) in [7, 11) is 0. The highest BCUT2D eigenvalue weighted by molar-refractivity contribution is 5.17. The first-order valence-corrected chi connectivity index (χ1v) is 7.20. The van der Waals surface area contributed by atoms with Gasteiger partial charge < -0.3 is 10.5 Å². The first kappa shape index (κ1) is 13.6. The topological polar surface area (TPSA) is 35.2 Å². The molecule has 3 atom stereocenters. The molecule has 0 aliphatic heterocycles. The lowest BCUT2D eigenvalue weighted by molar-refractivity contribution is -0.0428. The van der Waals surface area contributed by atoms with Crippen LogP contribution >= 0.6 is 0 Å². The zero-order chi connectivity index (χ0) is 12.8. The number of hydrogen-bond donors (Lipinski definition) is 1. The van der Waals surface area contributed by atoms with Gasteiger partial charge in [0.2, 0.25) is 0 Å². The molecule has 0 spiro atoms. The summed E-state index contributed by atoms with van der Waals surface area (Å²) >= 11 is 0. The van der Waals surface area contributed by atoms with Crippen molar-refractivity contribution in [1.82, 2.24) is 0 Å².